The van der Waals surface area contributed by atoms with Crippen molar-refractivity contribution in [2.24, 2.45) is 0 Å². The summed E-state index contributed by atoms with van der Waals surface area (Å²) >= 11 is 0. The Kier molecular flexibility index (Phi) is 11.0. The quantitative estimate of drug-likeness (QED) is 0.109. The highest BCUT2D eigenvalue weighted by Gasteiger charge is 2.30. The molecule has 2 atom stereocenters. The summed E-state index contributed by atoms with van der Waals surface area (Å²) in [6, 6.07) is 13.2. The molecule has 0 unspecified atom stereocenters. The summed E-state index contributed by atoms with van der Waals surface area (Å²) in [4.78, 5) is 65.0. The van der Waals surface area contributed by atoms with Gasteiger partial charge in [-0.2, -0.15) is 0 Å². The number of nitrogens with one attached hydrogen (secondary N) is 3. The molecule has 4 rings (SSSR count). The molecule has 13 heteroatoms. The fraction of sp³-hybridized carbons (Fsp3) is 0.432. The SMILES string of the molecule is CC(C)(C)OC(=O)N[C@@H](Cc1cn(C(=O)OC(C)(C)C)c2ccccc12)C(=O)N[C@H](Cc1cn(C(=O)OC(C)(C)C)c2ccccc12)NC=O. The molecule has 2 aromatic heterocycles. The van der Waals surface area contributed by atoms with E-state index in [4.69, 9.17) is 14.2 Å². The van der Waals surface area contributed by atoms with Gasteiger partial charge in [0.25, 0.3) is 0 Å². The van der Waals surface area contributed by atoms with Crippen LogP contribution in [0.1, 0.15) is 73.4 Å². The average Bonchev–Trinajstić information content (AvgIpc) is 3.53. The summed E-state index contributed by atoms with van der Waals surface area (Å²) in [5.41, 5.74) is 0.0818. The zero-order valence-corrected chi connectivity index (χ0v) is 30.1. The van der Waals surface area contributed by atoms with E-state index in [0.717, 1.165) is 5.39 Å². The van der Waals surface area contributed by atoms with E-state index >= 15 is 0 Å². The Morgan fingerprint density at radius 2 is 1.10 bits per heavy atom. The number of hydrogen-bond donors (Lipinski definition) is 3. The molecule has 0 fully saturated rings. The lowest BCUT2D eigenvalue weighted by molar-refractivity contribution is -0.124. The highest BCUT2D eigenvalue weighted by molar-refractivity contribution is 5.94. The smallest absolute Gasteiger partial charge is 0.419 e. The highest BCUT2D eigenvalue weighted by Crippen LogP contribution is 2.26. The van der Waals surface area contributed by atoms with Crippen molar-refractivity contribution in [3.8, 4) is 0 Å². The van der Waals surface area contributed by atoms with Crippen molar-refractivity contribution >= 4 is 52.4 Å². The molecule has 0 spiro atoms. The number of aromatic nitrogens is 2. The number of fused-ring (bicyclic) bond motifs is 2. The first-order chi connectivity index (χ1) is 23.2. The predicted octanol–water partition coefficient (Wildman–Crippen LogP) is 6.03. The van der Waals surface area contributed by atoms with Crippen LogP contribution in [0.15, 0.2) is 60.9 Å². The number of rotatable bonds is 9. The Balaban J connectivity index is 1.66. The van der Waals surface area contributed by atoms with E-state index < -0.39 is 53.2 Å². The molecule has 3 amide bonds. The predicted molar refractivity (Wildman–Crippen MR) is 189 cm³/mol. The van der Waals surface area contributed by atoms with Crippen molar-refractivity contribution < 1.29 is 38.2 Å². The van der Waals surface area contributed by atoms with Gasteiger partial charge in [0.2, 0.25) is 12.3 Å². The van der Waals surface area contributed by atoms with Gasteiger partial charge in [-0.3, -0.25) is 18.7 Å². The van der Waals surface area contributed by atoms with Crippen LogP contribution in [-0.2, 0) is 36.6 Å². The van der Waals surface area contributed by atoms with Crippen LogP contribution in [0.2, 0.25) is 0 Å². The summed E-state index contributed by atoms with van der Waals surface area (Å²) < 4.78 is 19.4. The third-order valence-corrected chi connectivity index (χ3v) is 7.21. The first-order valence-corrected chi connectivity index (χ1v) is 16.4. The second kappa shape index (κ2) is 14.7. The second-order valence-electron chi connectivity index (χ2n) is 15.0. The first-order valence-electron chi connectivity index (χ1n) is 16.4. The minimum atomic E-state index is -1.19. The van der Waals surface area contributed by atoms with E-state index in [0.29, 0.717) is 34.0 Å². The van der Waals surface area contributed by atoms with Crippen molar-refractivity contribution in [1.82, 2.24) is 25.1 Å². The van der Waals surface area contributed by atoms with Crippen LogP contribution in [0.25, 0.3) is 21.8 Å². The van der Waals surface area contributed by atoms with Gasteiger partial charge in [0, 0.05) is 36.0 Å². The molecule has 2 aromatic carbocycles. The van der Waals surface area contributed by atoms with Gasteiger partial charge >= 0.3 is 18.3 Å². The molecular weight excluding hydrogens is 642 g/mol. The molecule has 0 aliphatic rings. The maximum atomic E-state index is 14.0. The van der Waals surface area contributed by atoms with Gasteiger partial charge in [-0.1, -0.05) is 36.4 Å². The van der Waals surface area contributed by atoms with E-state index in [-0.39, 0.29) is 12.8 Å². The lowest BCUT2D eigenvalue weighted by atomic mass is 10.0. The van der Waals surface area contributed by atoms with Crippen molar-refractivity contribution in [2.75, 3.05) is 0 Å². The van der Waals surface area contributed by atoms with Crippen LogP contribution < -0.4 is 16.0 Å². The van der Waals surface area contributed by atoms with Crippen LogP contribution in [0, 0.1) is 0 Å². The average molecular weight is 690 g/mol. The summed E-state index contributed by atoms with van der Waals surface area (Å²) in [7, 11) is 0. The molecule has 0 saturated carbocycles. The maximum absolute atomic E-state index is 14.0. The molecule has 4 aromatic rings. The van der Waals surface area contributed by atoms with Gasteiger partial charge in [0.1, 0.15) is 29.0 Å². The number of nitrogens with zero attached hydrogens (tertiary/aromatic N) is 2. The molecule has 0 bridgehead atoms. The molecule has 268 valence electrons. The minimum absolute atomic E-state index is 0.0346. The van der Waals surface area contributed by atoms with Crippen molar-refractivity contribution in [1.29, 1.82) is 0 Å². The lowest BCUT2D eigenvalue weighted by Gasteiger charge is -2.25. The fourth-order valence-electron chi connectivity index (χ4n) is 5.35. The van der Waals surface area contributed by atoms with E-state index in [1.807, 2.05) is 18.2 Å². The Morgan fingerprint density at radius 1 is 0.660 bits per heavy atom. The van der Waals surface area contributed by atoms with E-state index in [1.54, 1.807) is 105 Å². The summed E-state index contributed by atoms with van der Waals surface area (Å²) in [5, 5.41) is 9.54. The van der Waals surface area contributed by atoms with E-state index in [1.165, 1.54) is 9.13 Å². The van der Waals surface area contributed by atoms with Gasteiger partial charge in [-0.25, -0.2) is 14.4 Å². The number of carbonyl (C=O) groups excluding carboxylic acids is 5. The normalized spacial score (nSPS) is 13.3. The molecule has 2 heterocycles. The topological polar surface area (TPSA) is 159 Å². The number of para-hydroxylation sites is 2. The van der Waals surface area contributed by atoms with Gasteiger partial charge < -0.3 is 30.2 Å². The maximum Gasteiger partial charge on any atom is 0.419 e. The Bertz CT molecular complexity index is 1890. The van der Waals surface area contributed by atoms with Crippen LogP contribution in [0.3, 0.4) is 0 Å². The molecule has 0 aliphatic heterocycles. The third kappa shape index (κ3) is 9.86. The van der Waals surface area contributed by atoms with Gasteiger partial charge in [-0.05, 0) is 85.6 Å². The van der Waals surface area contributed by atoms with Crippen LogP contribution in [0.5, 0.6) is 0 Å². The van der Waals surface area contributed by atoms with Gasteiger partial charge in [0.15, 0.2) is 0 Å². The number of amides is 3. The van der Waals surface area contributed by atoms with Crippen LogP contribution in [0.4, 0.5) is 14.4 Å². The lowest BCUT2D eigenvalue weighted by Crippen LogP contribution is -2.55. The van der Waals surface area contributed by atoms with Crippen molar-refractivity contribution in [3.63, 3.8) is 0 Å². The largest absolute Gasteiger partial charge is 0.444 e. The van der Waals surface area contributed by atoms with Gasteiger partial charge in [0.05, 0.1) is 11.0 Å². The molecule has 0 aliphatic carbocycles. The second-order valence-corrected chi connectivity index (χ2v) is 15.0. The zero-order chi connectivity index (χ0) is 37.0. The van der Waals surface area contributed by atoms with Crippen molar-refractivity contribution in [2.45, 2.75) is 104 Å². The molecule has 50 heavy (non-hydrogen) atoms. The molecule has 0 saturated heterocycles. The summed E-state index contributed by atoms with van der Waals surface area (Å²) in [6.07, 6.45) is 0.790. The standard InChI is InChI=1S/C37H47N5O8/c1-35(2,3)48-32(45)39-27(18-23-20-41(33(46)49-36(4,5)6)28-16-12-10-14-25(23)28)31(44)40-30(38-22-43)19-24-21-42(34(47)50-37(7,8)9)29-17-13-11-15-26(24)29/h10-17,20-22,27,30H,18-19H2,1-9H3,(H,38,43)(H,39,45)(H,40,44)/t27-,30+/m0/s1. The minimum Gasteiger partial charge on any atom is -0.444 e. The molecule has 3 N–H and O–H groups in total. The highest BCUT2D eigenvalue weighted by atomic mass is 16.6. The Hall–Kier alpha value is -5.33. The molecular formula is C37H47N5O8. The number of benzene rings is 2. The summed E-state index contributed by atoms with van der Waals surface area (Å²) in [5.74, 6) is -0.625. The monoisotopic (exact) mass is 689 g/mol. The Morgan fingerprint density at radius 3 is 1.54 bits per heavy atom. The number of ether oxygens (including phenoxy) is 3. The number of alkyl carbamates (subject to hydrolysis) is 1. The molecule has 0 radical (unpaired) electrons. The third-order valence-electron chi connectivity index (χ3n) is 7.21. The molecule has 13 nitrogen and oxygen atoms in total. The number of hydrogen-bond acceptors (Lipinski definition) is 8. The van der Waals surface area contributed by atoms with Crippen molar-refractivity contribution in [3.05, 3.63) is 72.1 Å². The van der Waals surface area contributed by atoms with E-state index in [9.17, 15) is 24.0 Å². The fourth-order valence-corrected chi connectivity index (χ4v) is 5.35. The van der Waals surface area contributed by atoms with Crippen LogP contribution >= 0.6 is 0 Å². The van der Waals surface area contributed by atoms with E-state index in [2.05, 4.69) is 16.0 Å². The van der Waals surface area contributed by atoms with Crippen LogP contribution in [-0.4, -0.2) is 68.7 Å². The Labute approximate surface area is 291 Å². The summed E-state index contributed by atoms with van der Waals surface area (Å²) in [6.45, 7) is 15.7. The van der Waals surface area contributed by atoms with Gasteiger partial charge in [-0.15, -0.1) is 0 Å². The first kappa shape index (κ1) is 37.5. The number of carbonyl (C=O) groups is 5. The zero-order valence-electron chi connectivity index (χ0n) is 30.1.